The maximum absolute atomic E-state index is 12.0. The number of carbonyl (C=O) groups is 2. The van der Waals surface area contributed by atoms with Crippen LogP contribution in [0.15, 0.2) is 48.5 Å². The molecule has 0 aliphatic heterocycles. The van der Waals surface area contributed by atoms with Gasteiger partial charge in [-0.05, 0) is 48.5 Å². The number of carbonyl (C=O) groups excluding carboxylic acids is 2. The van der Waals surface area contributed by atoms with Crippen molar-refractivity contribution in [2.75, 3.05) is 74.2 Å². The number of ether oxygens (including phenoxy) is 2. The largest absolute Gasteiger partial charge is 0.461 e. The molecule has 8 heteroatoms. The number of nitrogens with zero attached hydrogens (tertiary/aromatic N) is 2. The van der Waals surface area contributed by atoms with Crippen LogP contribution in [-0.4, -0.2) is 76.4 Å². The third-order valence-electron chi connectivity index (χ3n) is 4.53. The standard InChI is InChI=1S/C24H32N2O4S2/c1-25(2)21-9-5-19(6-10-21)23(27)29-13-15-31-17-18-32-16-14-30-24(28)20-7-11-22(12-8-20)26(3)4/h5-12H,13-18H2,1-4H3. The van der Waals surface area contributed by atoms with Crippen molar-refractivity contribution in [1.29, 1.82) is 0 Å². The van der Waals surface area contributed by atoms with Crippen molar-refractivity contribution in [3.8, 4) is 0 Å². The van der Waals surface area contributed by atoms with Gasteiger partial charge < -0.3 is 19.3 Å². The number of rotatable bonds is 13. The molecule has 0 aliphatic carbocycles. The lowest BCUT2D eigenvalue weighted by Crippen LogP contribution is -2.11. The van der Waals surface area contributed by atoms with Crippen LogP contribution in [0, 0.1) is 0 Å². The van der Waals surface area contributed by atoms with Crippen molar-refractivity contribution in [3.05, 3.63) is 59.7 Å². The number of anilines is 2. The summed E-state index contributed by atoms with van der Waals surface area (Å²) in [5.41, 5.74) is 3.23. The van der Waals surface area contributed by atoms with Crippen LogP contribution in [0.3, 0.4) is 0 Å². The lowest BCUT2D eigenvalue weighted by Gasteiger charge is -2.12. The highest BCUT2D eigenvalue weighted by atomic mass is 32.2. The van der Waals surface area contributed by atoms with Crippen molar-refractivity contribution < 1.29 is 19.1 Å². The van der Waals surface area contributed by atoms with E-state index in [2.05, 4.69) is 0 Å². The van der Waals surface area contributed by atoms with Crippen molar-refractivity contribution in [1.82, 2.24) is 0 Å². The third kappa shape index (κ3) is 9.04. The van der Waals surface area contributed by atoms with E-state index in [1.807, 2.05) is 62.3 Å². The molecule has 174 valence electrons. The molecule has 2 aromatic carbocycles. The van der Waals surface area contributed by atoms with E-state index in [-0.39, 0.29) is 11.9 Å². The molecule has 2 aromatic rings. The highest BCUT2D eigenvalue weighted by Crippen LogP contribution is 2.14. The minimum Gasteiger partial charge on any atom is -0.461 e. The zero-order chi connectivity index (χ0) is 23.3. The van der Waals surface area contributed by atoms with Crippen LogP contribution >= 0.6 is 23.5 Å². The molecule has 0 aliphatic rings. The highest BCUT2D eigenvalue weighted by molar-refractivity contribution is 8.02. The molecule has 6 nitrogen and oxygen atoms in total. The molecule has 0 saturated carbocycles. The van der Waals surface area contributed by atoms with Crippen LogP contribution in [-0.2, 0) is 9.47 Å². The minimum atomic E-state index is -0.288. The first kappa shape index (κ1) is 25.9. The topological polar surface area (TPSA) is 59.1 Å². The second-order valence-electron chi connectivity index (χ2n) is 7.38. The zero-order valence-corrected chi connectivity index (χ0v) is 20.8. The Morgan fingerprint density at radius 1 is 0.625 bits per heavy atom. The first-order chi connectivity index (χ1) is 15.4. The number of benzene rings is 2. The molecular formula is C24H32N2O4S2. The molecule has 0 unspecified atom stereocenters. The van der Waals surface area contributed by atoms with Crippen molar-refractivity contribution in [2.45, 2.75) is 0 Å². The van der Waals surface area contributed by atoms with E-state index in [9.17, 15) is 9.59 Å². The lowest BCUT2D eigenvalue weighted by molar-refractivity contribution is 0.0521. The molecule has 32 heavy (non-hydrogen) atoms. The van der Waals surface area contributed by atoms with Crippen LogP contribution in [0.2, 0.25) is 0 Å². The van der Waals surface area contributed by atoms with Gasteiger partial charge in [-0.3, -0.25) is 0 Å². The van der Waals surface area contributed by atoms with Crippen LogP contribution in [0.25, 0.3) is 0 Å². The Hall–Kier alpha value is -2.32. The smallest absolute Gasteiger partial charge is 0.338 e. The first-order valence-corrected chi connectivity index (χ1v) is 12.7. The molecule has 0 spiro atoms. The molecule has 0 radical (unpaired) electrons. The fourth-order valence-electron chi connectivity index (χ4n) is 2.67. The number of esters is 2. The summed E-state index contributed by atoms with van der Waals surface area (Å²) in [5.74, 6) is 2.87. The van der Waals surface area contributed by atoms with Gasteiger partial charge >= 0.3 is 11.9 Å². The molecule has 0 saturated heterocycles. The van der Waals surface area contributed by atoms with Crippen molar-refractivity contribution >= 4 is 46.8 Å². The maximum atomic E-state index is 12.0. The molecule has 0 fully saturated rings. The quantitative estimate of drug-likeness (QED) is 0.313. The Balaban J connectivity index is 1.48. The first-order valence-electron chi connectivity index (χ1n) is 10.4. The summed E-state index contributed by atoms with van der Waals surface area (Å²) >= 11 is 3.49. The van der Waals surface area contributed by atoms with Gasteiger partial charge in [-0.15, -0.1) is 0 Å². The SMILES string of the molecule is CN(C)c1ccc(C(=O)OCCSCCSCCOC(=O)c2ccc(N(C)C)cc2)cc1. The Morgan fingerprint density at radius 3 is 1.28 bits per heavy atom. The summed E-state index contributed by atoms with van der Waals surface area (Å²) in [7, 11) is 7.84. The Kier molecular flexibility index (Phi) is 11.3. The summed E-state index contributed by atoms with van der Waals surface area (Å²) in [6.45, 7) is 0.793. The van der Waals surface area contributed by atoms with Gasteiger partial charge in [-0.25, -0.2) is 9.59 Å². The Bertz CT molecular complexity index is 769. The van der Waals surface area contributed by atoms with Gasteiger partial charge in [0, 0.05) is 62.6 Å². The molecule has 0 amide bonds. The van der Waals surface area contributed by atoms with Gasteiger partial charge in [0.2, 0.25) is 0 Å². The molecule has 0 N–H and O–H groups in total. The molecule has 0 heterocycles. The zero-order valence-electron chi connectivity index (χ0n) is 19.2. The van der Waals surface area contributed by atoms with E-state index in [4.69, 9.17) is 9.47 Å². The summed E-state index contributed by atoms with van der Waals surface area (Å²) in [4.78, 5) is 28.1. The second-order valence-corrected chi connectivity index (χ2v) is 9.83. The van der Waals surface area contributed by atoms with Crippen LogP contribution in [0.5, 0.6) is 0 Å². The molecule has 0 atom stereocenters. The summed E-state index contributed by atoms with van der Waals surface area (Å²) in [6, 6.07) is 14.8. The van der Waals surface area contributed by atoms with E-state index >= 15 is 0 Å². The molecule has 0 bridgehead atoms. The van der Waals surface area contributed by atoms with Crippen LogP contribution in [0.4, 0.5) is 11.4 Å². The summed E-state index contributed by atoms with van der Waals surface area (Å²) < 4.78 is 10.6. The summed E-state index contributed by atoms with van der Waals surface area (Å²) in [6.07, 6.45) is 0. The minimum absolute atomic E-state index is 0.288. The second kappa shape index (κ2) is 14.0. The van der Waals surface area contributed by atoms with Gasteiger partial charge in [-0.1, -0.05) is 0 Å². The van der Waals surface area contributed by atoms with E-state index in [1.165, 1.54) is 0 Å². The predicted molar refractivity (Wildman–Crippen MR) is 137 cm³/mol. The fourth-order valence-corrected chi connectivity index (χ4v) is 4.42. The van der Waals surface area contributed by atoms with Crippen LogP contribution < -0.4 is 9.80 Å². The molecular weight excluding hydrogens is 444 g/mol. The van der Waals surface area contributed by atoms with Gasteiger partial charge in [0.05, 0.1) is 11.1 Å². The average molecular weight is 477 g/mol. The van der Waals surface area contributed by atoms with Gasteiger partial charge in [0.25, 0.3) is 0 Å². The van der Waals surface area contributed by atoms with E-state index in [0.29, 0.717) is 24.3 Å². The van der Waals surface area contributed by atoms with Crippen LogP contribution in [0.1, 0.15) is 20.7 Å². The number of thioether (sulfide) groups is 2. The highest BCUT2D eigenvalue weighted by Gasteiger charge is 2.08. The molecule has 2 rings (SSSR count). The monoisotopic (exact) mass is 476 g/mol. The lowest BCUT2D eigenvalue weighted by atomic mass is 10.2. The van der Waals surface area contributed by atoms with Gasteiger partial charge in [0.1, 0.15) is 13.2 Å². The fraction of sp³-hybridized carbons (Fsp3) is 0.417. The summed E-state index contributed by atoms with van der Waals surface area (Å²) in [5, 5.41) is 0. The van der Waals surface area contributed by atoms with Crippen molar-refractivity contribution in [3.63, 3.8) is 0 Å². The normalized spacial score (nSPS) is 10.5. The third-order valence-corrected chi connectivity index (χ3v) is 6.69. The van der Waals surface area contributed by atoms with Gasteiger partial charge in [-0.2, -0.15) is 23.5 Å². The Morgan fingerprint density at radius 2 is 0.969 bits per heavy atom. The van der Waals surface area contributed by atoms with Gasteiger partial charge in [0.15, 0.2) is 0 Å². The van der Waals surface area contributed by atoms with E-state index in [1.54, 1.807) is 47.8 Å². The van der Waals surface area contributed by atoms with E-state index in [0.717, 1.165) is 34.4 Å². The predicted octanol–water partition coefficient (Wildman–Crippen LogP) is 4.30. The average Bonchev–Trinajstić information content (AvgIpc) is 2.80. The van der Waals surface area contributed by atoms with Crippen molar-refractivity contribution in [2.24, 2.45) is 0 Å². The Labute approximate surface area is 199 Å². The molecule has 0 aromatic heterocycles. The van der Waals surface area contributed by atoms with E-state index < -0.39 is 0 Å². The maximum Gasteiger partial charge on any atom is 0.338 e. The number of hydrogen-bond acceptors (Lipinski definition) is 8. The number of hydrogen-bond donors (Lipinski definition) is 0.